The number of aliphatic hydroxyl groups excluding tert-OH is 1. The second-order valence-electron chi connectivity index (χ2n) is 5.05. The van der Waals surface area contributed by atoms with E-state index in [0.29, 0.717) is 12.6 Å². The molecular formula is C14H18I3NO2. The molecule has 1 heterocycles. The average molecular weight is 613 g/mol. The van der Waals surface area contributed by atoms with Gasteiger partial charge in [0.25, 0.3) is 0 Å². The third kappa shape index (κ3) is 4.40. The van der Waals surface area contributed by atoms with E-state index < -0.39 is 6.29 Å². The van der Waals surface area contributed by atoms with Crippen molar-refractivity contribution in [3.05, 3.63) is 28.4 Å². The zero-order chi connectivity index (χ0) is 14.7. The lowest BCUT2D eigenvalue weighted by Crippen LogP contribution is -2.26. The van der Waals surface area contributed by atoms with Crippen LogP contribution in [-0.4, -0.2) is 36.2 Å². The Hall–Kier alpha value is 1.29. The van der Waals surface area contributed by atoms with E-state index in [0.717, 1.165) is 22.7 Å². The van der Waals surface area contributed by atoms with E-state index in [9.17, 15) is 5.11 Å². The molecule has 0 bridgehead atoms. The number of nitrogens with zero attached hydrogens (tertiary/aromatic N) is 1. The molecule has 0 radical (unpaired) electrons. The average Bonchev–Trinajstić information content (AvgIpc) is 2.80. The summed E-state index contributed by atoms with van der Waals surface area (Å²) in [6, 6.07) is 4.70. The highest BCUT2D eigenvalue weighted by Crippen LogP contribution is 2.30. The lowest BCUT2D eigenvalue weighted by atomic mass is 10.1. The second-order valence-corrected chi connectivity index (χ2v) is 8.45. The molecule has 112 valence electrons. The number of benzene rings is 1. The van der Waals surface area contributed by atoms with Gasteiger partial charge in [-0.05, 0) is 113 Å². The van der Waals surface area contributed by atoms with Gasteiger partial charge >= 0.3 is 0 Å². The number of rotatable bonds is 5. The first kappa shape index (κ1) is 17.6. The van der Waals surface area contributed by atoms with Crippen LogP contribution in [0.25, 0.3) is 0 Å². The first-order valence-corrected chi connectivity index (χ1v) is 9.87. The van der Waals surface area contributed by atoms with Gasteiger partial charge in [-0.1, -0.05) is 0 Å². The Kier molecular flexibility index (Phi) is 7.26. The van der Waals surface area contributed by atoms with Crippen molar-refractivity contribution in [1.29, 1.82) is 0 Å². The Bertz CT molecular complexity index is 470. The zero-order valence-electron chi connectivity index (χ0n) is 11.3. The Morgan fingerprint density at radius 3 is 2.70 bits per heavy atom. The summed E-state index contributed by atoms with van der Waals surface area (Å²) in [5.41, 5.74) is 0.901. The predicted molar refractivity (Wildman–Crippen MR) is 106 cm³/mol. The summed E-state index contributed by atoms with van der Waals surface area (Å²) in [7, 11) is 2.17. The van der Waals surface area contributed by atoms with E-state index in [-0.39, 0.29) is 0 Å². The molecule has 0 aliphatic carbocycles. The molecular weight excluding hydrogens is 595 g/mol. The normalized spacial score (nSPS) is 21.4. The molecule has 1 aromatic rings. The first-order valence-electron chi connectivity index (χ1n) is 6.64. The third-order valence-electron chi connectivity index (χ3n) is 3.72. The number of halogens is 3. The standard InChI is InChI=1S/C14H18I3NO2/c1-18-7-2-3-9(18)6-8-20-14(19)12-10(15)4-5-11(16)13(12)17/h4-5,9,14,19H,2-3,6-8H2,1H3. The van der Waals surface area contributed by atoms with Crippen molar-refractivity contribution in [2.75, 3.05) is 20.2 Å². The smallest absolute Gasteiger partial charge is 0.183 e. The highest BCUT2D eigenvalue weighted by atomic mass is 127. The first-order chi connectivity index (χ1) is 9.50. The van der Waals surface area contributed by atoms with Crippen LogP contribution in [0.1, 0.15) is 31.1 Å². The van der Waals surface area contributed by atoms with Crippen molar-refractivity contribution in [3.8, 4) is 0 Å². The summed E-state index contributed by atoms with van der Waals surface area (Å²) in [5, 5.41) is 10.3. The Balaban J connectivity index is 1.92. The van der Waals surface area contributed by atoms with Crippen LogP contribution in [0, 0.1) is 10.7 Å². The summed E-state index contributed by atoms with van der Waals surface area (Å²) in [5.74, 6) is 0. The number of hydrogen-bond donors (Lipinski definition) is 1. The van der Waals surface area contributed by atoms with Gasteiger partial charge in [0.2, 0.25) is 0 Å². The van der Waals surface area contributed by atoms with Crippen LogP contribution in [0.4, 0.5) is 0 Å². The molecule has 0 aromatic heterocycles. The number of hydrogen-bond acceptors (Lipinski definition) is 3. The van der Waals surface area contributed by atoms with E-state index in [1.54, 1.807) is 0 Å². The molecule has 0 saturated carbocycles. The van der Waals surface area contributed by atoms with Crippen molar-refractivity contribution in [3.63, 3.8) is 0 Å². The summed E-state index contributed by atoms with van der Waals surface area (Å²) in [4.78, 5) is 2.38. The molecule has 2 rings (SSSR count). The molecule has 0 amide bonds. The molecule has 3 nitrogen and oxygen atoms in total. The fourth-order valence-corrected chi connectivity index (χ4v) is 4.95. The van der Waals surface area contributed by atoms with Gasteiger partial charge in [0, 0.05) is 22.3 Å². The zero-order valence-corrected chi connectivity index (χ0v) is 17.8. The van der Waals surface area contributed by atoms with Crippen LogP contribution in [0.5, 0.6) is 0 Å². The molecule has 1 aliphatic heterocycles. The summed E-state index contributed by atoms with van der Waals surface area (Å²) < 4.78 is 8.96. The van der Waals surface area contributed by atoms with Gasteiger partial charge in [0.15, 0.2) is 6.29 Å². The summed E-state index contributed by atoms with van der Waals surface area (Å²) in [6.45, 7) is 1.79. The number of aliphatic hydroxyl groups is 1. The lowest BCUT2D eigenvalue weighted by Gasteiger charge is -2.21. The maximum Gasteiger partial charge on any atom is 0.183 e. The maximum absolute atomic E-state index is 10.3. The van der Waals surface area contributed by atoms with Gasteiger partial charge in [-0.25, -0.2) is 0 Å². The van der Waals surface area contributed by atoms with Gasteiger partial charge in [-0.3, -0.25) is 0 Å². The fraction of sp³-hybridized carbons (Fsp3) is 0.571. The monoisotopic (exact) mass is 613 g/mol. The van der Waals surface area contributed by atoms with E-state index in [2.05, 4.69) is 85.8 Å². The highest BCUT2D eigenvalue weighted by Gasteiger charge is 2.22. The molecule has 1 N–H and O–H groups in total. The predicted octanol–water partition coefficient (Wildman–Crippen LogP) is 3.99. The van der Waals surface area contributed by atoms with Gasteiger partial charge in [-0.15, -0.1) is 0 Å². The molecule has 20 heavy (non-hydrogen) atoms. The van der Waals surface area contributed by atoms with Crippen LogP contribution < -0.4 is 0 Å². The van der Waals surface area contributed by atoms with Crippen molar-refractivity contribution in [1.82, 2.24) is 4.90 Å². The molecule has 2 unspecified atom stereocenters. The van der Waals surface area contributed by atoms with Gasteiger partial charge < -0.3 is 14.7 Å². The summed E-state index contributed by atoms with van der Waals surface area (Å²) >= 11 is 6.82. The second kappa shape index (κ2) is 8.23. The Morgan fingerprint density at radius 1 is 1.35 bits per heavy atom. The SMILES string of the molecule is CN1CCCC1CCOC(O)c1c(I)ccc(I)c1I. The summed E-state index contributed by atoms with van der Waals surface area (Å²) in [6.07, 6.45) is 2.69. The van der Waals surface area contributed by atoms with Crippen LogP contribution >= 0.6 is 67.8 Å². The van der Waals surface area contributed by atoms with Crippen molar-refractivity contribution >= 4 is 67.8 Å². The largest absolute Gasteiger partial charge is 0.364 e. The van der Waals surface area contributed by atoms with E-state index in [1.807, 2.05) is 6.07 Å². The van der Waals surface area contributed by atoms with Gasteiger partial charge in [0.1, 0.15) is 0 Å². The number of ether oxygens (including phenoxy) is 1. The van der Waals surface area contributed by atoms with Gasteiger partial charge in [-0.2, -0.15) is 0 Å². The molecule has 1 fully saturated rings. The van der Waals surface area contributed by atoms with E-state index >= 15 is 0 Å². The topological polar surface area (TPSA) is 32.7 Å². The minimum Gasteiger partial charge on any atom is -0.364 e. The third-order valence-corrected chi connectivity index (χ3v) is 7.76. The van der Waals surface area contributed by atoms with Gasteiger partial charge in [0.05, 0.1) is 6.61 Å². The van der Waals surface area contributed by atoms with Crippen molar-refractivity contribution in [2.45, 2.75) is 31.6 Å². The van der Waals surface area contributed by atoms with E-state index in [4.69, 9.17) is 4.74 Å². The molecule has 1 saturated heterocycles. The minimum atomic E-state index is -0.824. The van der Waals surface area contributed by atoms with E-state index in [1.165, 1.54) is 19.4 Å². The van der Waals surface area contributed by atoms with Crippen molar-refractivity contribution < 1.29 is 9.84 Å². The van der Waals surface area contributed by atoms with Crippen LogP contribution in [0.15, 0.2) is 12.1 Å². The van der Waals surface area contributed by atoms with Crippen molar-refractivity contribution in [2.24, 2.45) is 0 Å². The fourth-order valence-electron chi connectivity index (χ4n) is 2.51. The van der Waals surface area contributed by atoms with Crippen LogP contribution in [0.3, 0.4) is 0 Å². The minimum absolute atomic E-state index is 0.605. The van der Waals surface area contributed by atoms with Crippen LogP contribution in [-0.2, 0) is 4.74 Å². The Morgan fingerprint density at radius 2 is 2.05 bits per heavy atom. The molecule has 1 aromatic carbocycles. The molecule has 6 heteroatoms. The molecule has 0 spiro atoms. The molecule has 1 aliphatic rings. The lowest BCUT2D eigenvalue weighted by molar-refractivity contribution is -0.107. The number of likely N-dealkylation sites (tertiary alicyclic amines) is 1. The highest BCUT2D eigenvalue weighted by molar-refractivity contribution is 14.1. The molecule has 2 atom stereocenters. The maximum atomic E-state index is 10.3. The Labute approximate surface area is 161 Å². The quantitative estimate of drug-likeness (QED) is 0.310. The van der Waals surface area contributed by atoms with Crippen LogP contribution in [0.2, 0.25) is 0 Å².